The van der Waals surface area contributed by atoms with E-state index in [4.69, 9.17) is 9.72 Å². The van der Waals surface area contributed by atoms with Gasteiger partial charge >= 0.3 is 6.03 Å². The molecule has 3 aliphatic rings. The number of nitrogens with zero attached hydrogens (tertiary/aromatic N) is 3. The number of aromatic nitrogens is 2. The number of hydrogen-bond acceptors (Lipinski definition) is 7. The maximum Gasteiger partial charge on any atom is 0.319 e. The molecule has 2 aromatic rings. The van der Waals surface area contributed by atoms with Gasteiger partial charge in [0.15, 0.2) is 5.82 Å². The van der Waals surface area contributed by atoms with Gasteiger partial charge in [-0.05, 0) is 37.1 Å². The number of ether oxygens (including phenoxy) is 1. The Morgan fingerprint density at radius 2 is 1.85 bits per heavy atom. The Balaban J connectivity index is 1.40. The zero-order valence-corrected chi connectivity index (χ0v) is 18.5. The van der Waals surface area contributed by atoms with Crippen LogP contribution in [0, 0.1) is 0 Å². The molecule has 0 aliphatic carbocycles. The van der Waals surface area contributed by atoms with Crippen molar-refractivity contribution in [2.24, 2.45) is 0 Å². The van der Waals surface area contributed by atoms with Gasteiger partial charge in [0.25, 0.3) is 6.43 Å². The van der Waals surface area contributed by atoms with Crippen LogP contribution >= 0.6 is 10.6 Å². The van der Waals surface area contributed by atoms with Gasteiger partial charge in [0.1, 0.15) is 5.82 Å². The van der Waals surface area contributed by atoms with Gasteiger partial charge in [-0.3, -0.25) is 9.11 Å². The molecular formula is C21H25F2N5O4S. The third-order valence-electron chi connectivity index (χ3n) is 5.98. The average molecular weight is 482 g/mol. The number of halogens is 2. The van der Waals surface area contributed by atoms with Crippen LogP contribution in [-0.2, 0) is 16.2 Å². The second kappa shape index (κ2) is 8.67. The monoisotopic (exact) mass is 481 g/mol. The number of benzene rings is 1. The van der Waals surface area contributed by atoms with Crippen LogP contribution in [0.15, 0.2) is 24.3 Å². The number of hydrogen-bond donors (Lipinski definition) is 4. The third kappa shape index (κ3) is 4.88. The van der Waals surface area contributed by atoms with Crippen LogP contribution in [0.3, 0.4) is 0 Å². The molecule has 2 bridgehead atoms. The Morgan fingerprint density at radius 1 is 1.15 bits per heavy atom. The van der Waals surface area contributed by atoms with Crippen LogP contribution in [0.4, 0.5) is 25.1 Å². The summed E-state index contributed by atoms with van der Waals surface area (Å²) in [5.41, 5.74) is 2.56. The van der Waals surface area contributed by atoms with Gasteiger partial charge in [-0.15, -0.1) is 0 Å². The fourth-order valence-electron chi connectivity index (χ4n) is 4.51. The van der Waals surface area contributed by atoms with Gasteiger partial charge in [0.2, 0.25) is 0 Å². The Kier molecular flexibility index (Phi) is 5.85. The molecular weight excluding hydrogens is 456 g/mol. The summed E-state index contributed by atoms with van der Waals surface area (Å²) < 4.78 is 51.1. The van der Waals surface area contributed by atoms with E-state index in [0.717, 1.165) is 24.2 Å². The first-order chi connectivity index (χ1) is 15.8. The van der Waals surface area contributed by atoms with Crippen LogP contribution in [0.1, 0.15) is 24.1 Å². The van der Waals surface area contributed by atoms with E-state index >= 15 is 0 Å². The summed E-state index contributed by atoms with van der Waals surface area (Å²) in [4.78, 5) is 23.3. The molecule has 0 spiro atoms. The Morgan fingerprint density at radius 3 is 2.52 bits per heavy atom. The Bertz CT molecular complexity index is 1040. The zero-order chi connectivity index (χ0) is 23.2. The molecule has 2 atom stereocenters. The fourth-order valence-corrected chi connectivity index (χ4v) is 6.05. The SMILES string of the molecule is O=C(NCC(F)F)Nc1ccc(-c2nc3c(c(N4CC5CCC(C4)O5)n2)CS(O)(O)C3)cc1. The van der Waals surface area contributed by atoms with Crippen molar-refractivity contribution in [2.75, 3.05) is 29.9 Å². The van der Waals surface area contributed by atoms with Gasteiger partial charge in [0.05, 0.1) is 36.0 Å². The van der Waals surface area contributed by atoms with Gasteiger partial charge in [-0.1, -0.05) is 0 Å². The number of fused-ring (bicyclic) bond motifs is 3. The molecule has 9 nitrogen and oxygen atoms in total. The van der Waals surface area contributed by atoms with Crippen molar-refractivity contribution in [3.05, 3.63) is 35.5 Å². The van der Waals surface area contributed by atoms with Crippen molar-refractivity contribution in [3.63, 3.8) is 0 Å². The molecule has 12 heteroatoms. The smallest absolute Gasteiger partial charge is 0.319 e. The molecule has 33 heavy (non-hydrogen) atoms. The van der Waals surface area contributed by atoms with Crippen LogP contribution in [0.25, 0.3) is 11.4 Å². The molecule has 0 saturated carbocycles. The Hall–Kier alpha value is -2.54. The average Bonchev–Trinajstić information content (AvgIpc) is 3.27. The van der Waals surface area contributed by atoms with Crippen molar-refractivity contribution in [3.8, 4) is 11.4 Å². The van der Waals surface area contributed by atoms with Crippen molar-refractivity contribution < 1.29 is 27.4 Å². The molecule has 1 aromatic heterocycles. The topological polar surface area (TPSA) is 120 Å². The maximum atomic E-state index is 12.2. The fraction of sp³-hybridized carbons (Fsp3) is 0.476. The van der Waals surface area contributed by atoms with Crippen LogP contribution in [0.5, 0.6) is 0 Å². The molecule has 178 valence electrons. The van der Waals surface area contributed by atoms with E-state index in [0.29, 0.717) is 35.9 Å². The minimum Gasteiger partial charge on any atom is -0.371 e. The number of carbonyl (C=O) groups is 1. The highest BCUT2D eigenvalue weighted by Crippen LogP contribution is 2.54. The maximum absolute atomic E-state index is 12.2. The molecule has 2 saturated heterocycles. The Labute approximate surface area is 190 Å². The standard InChI is InChI=1S/C21H25F2N5O4S/c22-18(23)7-24-21(29)25-13-3-1-12(2-4-13)19-26-17-11-33(30,31)10-16(17)20(27-19)28-8-14-5-6-15(9-28)32-14/h1-4,14-15,18,30-31H,5-11H2,(H2,24,25,29). The van der Waals surface area contributed by atoms with Crippen molar-refractivity contribution in [1.29, 1.82) is 0 Å². The predicted molar refractivity (Wildman–Crippen MR) is 121 cm³/mol. The molecule has 4 heterocycles. The van der Waals surface area contributed by atoms with E-state index in [1.807, 2.05) is 0 Å². The number of alkyl halides is 2. The number of urea groups is 1. The summed E-state index contributed by atoms with van der Waals surface area (Å²) in [5, 5.41) is 4.58. The molecule has 5 rings (SSSR count). The summed E-state index contributed by atoms with van der Waals surface area (Å²) in [6, 6.07) is 6.01. The molecule has 2 amide bonds. The second-order valence-corrected chi connectivity index (χ2v) is 10.7. The number of carbonyl (C=O) groups excluding carboxylic acids is 1. The second-order valence-electron chi connectivity index (χ2n) is 8.55. The van der Waals surface area contributed by atoms with E-state index in [1.165, 1.54) is 0 Å². The van der Waals surface area contributed by atoms with Crippen LogP contribution < -0.4 is 15.5 Å². The summed E-state index contributed by atoms with van der Waals surface area (Å²) in [7, 11) is -2.78. The van der Waals surface area contributed by atoms with E-state index in [9.17, 15) is 22.7 Å². The predicted octanol–water partition coefficient (Wildman–Crippen LogP) is 3.66. The summed E-state index contributed by atoms with van der Waals surface area (Å²) in [6.07, 6.45) is -0.294. The third-order valence-corrected chi connectivity index (χ3v) is 7.46. The summed E-state index contributed by atoms with van der Waals surface area (Å²) in [6.45, 7) is 0.683. The number of nitrogens with one attached hydrogen (secondary N) is 2. The van der Waals surface area contributed by atoms with Crippen molar-refractivity contribution in [1.82, 2.24) is 15.3 Å². The van der Waals surface area contributed by atoms with Crippen molar-refractivity contribution in [2.45, 2.75) is 43.0 Å². The largest absolute Gasteiger partial charge is 0.371 e. The zero-order valence-electron chi connectivity index (χ0n) is 17.7. The lowest BCUT2D eigenvalue weighted by Crippen LogP contribution is -2.43. The summed E-state index contributed by atoms with van der Waals surface area (Å²) in [5.74, 6) is 1.43. The lowest BCUT2D eigenvalue weighted by molar-refractivity contribution is 0.0302. The van der Waals surface area contributed by atoms with E-state index in [1.54, 1.807) is 24.3 Å². The number of rotatable bonds is 5. The molecule has 1 aromatic carbocycles. The van der Waals surface area contributed by atoms with E-state index in [-0.39, 0.29) is 23.7 Å². The van der Waals surface area contributed by atoms with Crippen molar-refractivity contribution >= 4 is 28.1 Å². The van der Waals surface area contributed by atoms with Crippen LogP contribution in [-0.4, -0.2) is 63.4 Å². The minimum absolute atomic E-state index is 0.103. The quantitative estimate of drug-likeness (QED) is 0.514. The highest BCUT2D eigenvalue weighted by molar-refractivity contribution is 8.23. The van der Waals surface area contributed by atoms with E-state index < -0.39 is 29.6 Å². The highest BCUT2D eigenvalue weighted by atomic mass is 32.3. The summed E-state index contributed by atoms with van der Waals surface area (Å²) >= 11 is 0. The molecule has 0 radical (unpaired) electrons. The van der Waals surface area contributed by atoms with Gasteiger partial charge < -0.3 is 20.3 Å². The number of morpholine rings is 1. The first-order valence-electron chi connectivity index (χ1n) is 10.7. The molecule has 3 aliphatic heterocycles. The van der Waals surface area contributed by atoms with E-state index in [2.05, 4.69) is 20.5 Å². The molecule has 2 fully saturated rings. The van der Waals surface area contributed by atoms with Gasteiger partial charge in [-0.2, -0.15) is 10.6 Å². The lowest BCUT2D eigenvalue weighted by atomic mass is 10.1. The number of anilines is 2. The highest BCUT2D eigenvalue weighted by Gasteiger charge is 2.38. The normalized spacial score (nSPS) is 24.0. The first kappa shape index (κ1) is 22.3. The number of amides is 2. The van der Waals surface area contributed by atoms with Gasteiger partial charge in [0, 0.05) is 29.9 Å². The molecule has 4 N–H and O–H groups in total. The molecule has 2 unspecified atom stereocenters. The van der Waals surface area contributed by atoms with Crippen LogP contribution in [0.2, 0.25) is 0 Å². The lowest BCUT2D eigenvalue weighted by Gasteiger charge is -2.34. The first-order valence-corrected chi connectivity index (χ1v) is 12.6. The van der Waals surface area contributed by atoms with Gasteiger partial charge in [-0.25, -0.2) is 23.5 Å². The minimum atomic E-state index is -2.78.